The van der Waals surface area contributed by atoms with Crippen molar-refractivity contribution in [2.24, 2.45) is 0 Å². The van der Waals surface area contributed by atoms with Crippen molar-refractivity contribution in [3.63, 3.8) is 0 Å². The molecule has 18 heavy (non-hydrogen) atoms. The van der Waals surface area contributed by atoms with E-state index >= 15 is 0 Å². The van der Waals surface area contributed by atoms with E-state index in [-0.39, 0.29) is 5.82 Å². The molecule has 2 aromatic carbocycles. The average Bonchev–Trinajstić information content (AvgIpc) is 2.81. The average molecular weight is 278 g/mol. The highest BCUT2D eigenvalue weighted by molar-refractivity contribution is 7.21. The molecule has 0 radical (unpaired) electrons. The van der Waals surface area contributed by atoms with Crippen LogP contribution >= 0.6 is 22.9 Å². The molecule has 4 heteroatoms. The largest absolute Gasteiger partial charge is 0.236 e. The summed E-state index contributed by atoms with van der Waals surface area (Å²) in [6.07, 6.45) is 0. The number of thiazole rings is 1. The number of aromatic nitrogens is 1. The van der Waals surface area contributed by atoms with Crippen molar-refractivity contribution < 1.29 is 4.39 Å². The van der Waals surface area contributed by atoms with Crippen molar-refractivity contribution in [1.82, 2.24) is 4.98 Å². The first-order chi connectivity index (χ1) is 8.76. The van der Waals surface area contributed by atoms with Gasteiger partial charge in [0.25, 0.3) is 0 Å². The Labute approximate surface area is 113 Å². The Morgan fingerprint density at radius 2 is 2.06 bits per heavy atom. The lowest BCUT2D eigenvalue weighted by molar-refractivity contribution is 0.630. The molecule has 1 nitrogen and oxygen atoms in total. The Kier molecular flexibility index (Phi) is 3.02. The van der Waals surface area contributed by atoms with E-state index in [4.69, 9.17) is 11.6 Å². The standard InChI is InChI=1S/C14H9ClFNS/c15-8-9-2-1-3-10(6-9)14-17-12-5-4-11(16)7-13(12)18-14/h1-7H,8H2. The minimum absolute atomic E-state index is 0.229. The van der Waals surface area contributed by atoms with Crippen LogP contribution in [-0.4, -0.2) is 4.98 Å². The lowest BCUT2D eigenvalue weighted by Crippen LogP contribution is -1.80. The highest BCUT2D eigenvalue weighted by atomic mass is 35.5. The molecular weight excluding hydrogens is 269 g/mol. The Balaban J connectivity index is 2.13. The molecule has 0 N–H and O–H groups in total. The van der Waals surface area contributed by atoms with Crippen LogP contribution < -0.4 is 0 Å². The van der Waals surface area contributed by atoms with Crippen LogP contribution in [0.15, 0.2) is 42.5 Å². The summed E-state index contributed by atoms with van der Waals surface area (Å²) >= 11 is 7.31. The molecule has 0 atom stereocenters. The number of fused-ring (bicyclic) bond motifs is 1. The molecule has 0 saturated heterocycles. The summed E-state index contributed by atoms with van der Waals surface area (Å²) in [6.45, 7) is 0. The predicted molar refractivity (Wildman–Crippen MR) is 74.6 cm³/mol. The van der Waals surface area contributed by atoms with E-state index < -0.39 is 0 Å². The molecule has 0 amide bonds. The van der Waals surface area contributed by atoms with Crippen LogP contribution in [0.2, 0.25) is 0 Å². The summed E-state index contributed by atoms with van der Waals surface area (Å²) in [5, 5.41) is 0.891. The van der Waals surface area contributed by atoms with Gasteiger partial charge < -0.3 is 0 Å². The first kappa shape index (κ1) is 11.6. The lowest BCUT2D eigenvalue weighted by atomic mass is 10.1. The van der Waals surface area contributed by atoms with Gasteiger partial charge in [-0.2, -0.15) is 0 Å². The molecule has 1 heterocycles. The van der Waals surface area contributed by atoms with E-state index in [1.807, 2.05) is 24.3 Å². The molecule has 0 aliphatic carbocycles. The van der Waals surface area contributed by atoms with Gasteiger partial charge in [-0.15, -0.1) is 22.9 Å². The van der Waals surface area contributed by atoms with Crippen molar-refractivity contribution in [2.75, 3.05) is 0 Å². The van der Waals surface area contributed by atoms with Gasteiger partial charge in [-0.3, -0.25) is 0 Å². The maximum atomic E-state index is 13.1. The third-order valence-electron chi connectivity index (χ3n) is 2.68. The molecule has 0 saturated carbocycles. The number of rotatable bonds is 2. The zero-order chi connectivity index (χ0) is 12.5. The van der Waals surface area contributed by atoms with Crippen LogP contribution in [-0.2, 0) is 5.88 Å². The van der Waals surface area contributed by atoms with E-state index in [2.05, 4.69) is 4.98 Å². The maximum absolute atomic E-state index is 13.1. The Hall–Kier alpha value is -1.45. The Morgan fingerprint density at radius 3 is 2.89 bits per heavy atom. The van der Waals surface area contributed by atoms with Gasteiger partial charge in [0.15, 0.2) is 0 Å². The molecular formula is C14H9ClFNS. The normalized spacial score (nSPS) is 11.0. The van der Waals surface area contributed by atoms with Crippen LogP contribution in [0, 0.1) is 5.82 Å². The molecule has 0 unspecified atom stereocenters. The fourth-order valence-electron chi connectivity index (χ4n) is 1.81. The molecule has 0 spiro atoms. The number of nitrogens with zero attached hydrogens (tertiary/aromatic N) is 1. The van der Waals surface area contributed by atoms with Crippen LogP contribution in [0.3, 0.4) is 0 Å². The Bertz CT molecular complexity index is 708. The maximum Gasteiger partial charge on any atom is 0.124 e. The van der Waals surface area contributed by atoms with E-state index in [1.54, 1.807) is 6.07 Å². The fourth-order valence-corrected chi connectivity index (χ4v) is 2.96. The summed E-state index contributed by atoms with van der Waals surface area (Å²) in [4.78, 5) is 4.51. The molecule has 0 fully saturated rings. The number of hydrogen-bond donors (Lipinski definition) is 0. The zero-order valence-corrected chi connectivity index (χ0v) is 10.9. The second-order valence-electron chi connectivity index (χ2n) is 3.97. The van der Waals surface area contributed by atoms with E-state index in [9.17, 15) is 4.39 Å². The number of benzene rings is 2. The summed E-state index contributed by atoms with van der Waals surface area (Å²) in [6, 6.07) is 12.6. The van der Waals surface area contributed by atoms with Gasteiger partial charge >= 0.3 is 0 Å². The van der Waals surface area contributed by atoms with Crippen LogP contribution in [0.5, 0.6) is 0 Å². The second-order valence-corrected chi connectivity index (χ2v) is 5.26. The van der Waals surface area contributed by atoms with Crippen LogP contribution in [0.1, 0.15) is 5.56 Å². The summed E-state index contributed by atoms with van der Waals surface area (Å²) in [5.74, 6) is 0.250. The Morgan fingerprint density at radius 1 is 1.17 bits per heavy atom. The monoisotopic (exact) mass is 277 g/mol. The van der Waals surface area contributed by atoms with Gasteiger partial charge in [0, 0.05) is 11.4 Å². The van der Waals surface area contributed by atoms with E-state index in [0.29, 0.717) is 5.88 Å². The minimum atomic E-state index is -0.229. The van der Waals surface area contributed by atoms with E-state index in [0.717, 1.165) is 26.4 Å². The van der Waals surface area contributed by atoms with Gasteiger partial charge in [0.2, 0.25) is 0 Å². The van der Waals surface area contributed by atoms with E-state index in [1.165, 1.54) is 23.5 Å². The van der Waals surface area contributed by atoms with Crippen molar-refractivity contribution in [3.8, 4) is 10.6 Å². The zero-order valence-electron chi connectivity index (χ0n) is 9.36. The number of alkyl halides is 1. The number of halogens is 2. The van der Waals surface area contributed by atoms with Gasteiger partial charge in [0.1, 0.15) is 10.8 Å². The minimum Gasteiger partial charge on any atom is -0.236 e. The molecule has 1 aromatic heterocycles. The summed E-state index contributed by atoms with van der Waals surface area (Å²) in [5.41, 5.74) is 2.90. The van der Waals surface area contributed by atoms with Crippen LogP contribution in [0.4, 0.5) is 4.39 Å². The number of hydrogen-bond acceptors (Lipinski definition) is 2. The van der Waals surface area contributed by atoms with Gasteiger partial charge in [-0.05, 0) is 29.8 Å². The lowest BCUT2D eigenvalue weighted by Gasteiger charge is -1.98. The first-order valence-electron chi connectivity index (χ1n) is 5.47. The summed E-state index contributed by atoms with van der Waals surface area (Å²) in [7, 11) is 0. The SMILES string of the molecule is Fc1ccc2nc(-c3cccc(CCl)c3)sc2c1. The van der Waals surface area contributed by atoms with Crippen molar-refractivity contribution in [3.05, 3.63) is 53.8 Å². The van der Waals surface area contributed by atoms with Crippen molar-refractivity contribution in [2.45, 2.75) is 5.88 Å². The third kappa shape index (κ3) is 2.11. The molecule has 3 aromatic rings. The van der Waals surface area contributed by atoms with Crippen molar-refractivity contribution >= 4 is 33.2 Å². The first-order valence-corrected chi connectivity index (χ1v) is 6.83. The van der Waals surface area contributed by atoms with Gasteiger partial charge in [-0.1, -0.05) is 18.2 Å². The highest BCUT2D eigenvalue weighted by Gasteiger charge is 2.07. The molecule has 0 aliphatic rings. The topological polar surface area (TPSA) is 12.9 Å². The second kappa shape index (κ2) is 4.67. The summed E-state index contributed by atoms with van der Waals surface area (Å²) < 4.78 is 14.0. The van der Waals surface area contributed by atoms with Crippen LogP contribution in [0.25, 0.3) is 20.8 Å². The third-order valence-corrected chi connectivity index (χ3v) is 4.05. The van der Waals surface area contributed by atoms with Gasteiger partial charge in [0.05, 0.1) is 10.2 Å². The molecule has 90 valence electrons. The van der Waals surface area contributed by atoms with Gasteiger partial charge in [-0.25, -0.2) is 9.37 Å². The fraction of sp³-hybridized carbons (Fsp3) is 0.0714. The smallest absolute Gasteiger partial charge is 0.124 e. The quantitative estimate of drug-likeness (QED) is 0.611. The molecule has 3 rings (SSSR count). The van der Waals surface area contributed by atoms with Crippen molar-refractivity contribution in [1.29, 1.82) is 0 Å². The highest BCUT2D eigenvalue weighted by Crippen LogP contribution is 2.31. The molecule has 0 aliphatic heterocycles. The molecule has 0 bridgehead atoms. The predicted octanol–water partition coefficient (Wildman–Crippen LogP) is 4.84.